The quantitative estimate of drug-likeness (QED) is 0.656. The van der Waals surface area contributed by atoms with Crippen molar-refractivity contribution in [3.05, 3.63) is 36.7 Å². The zero-order valence-electron chi connectivity index (χ0n) is 12.1. The molecular weight excluding hydrogens is 382 g/mol. The van der Waals surface area contributed by atoms with Crippen LogP contribution in [0.1, 0.15) is 0 Å². The molecule has 20 heavy (non-hydrogen) atoms. The van der Waals surface area contributed by atoms with E-state index in [-0.39, 0.29) is 0 Å². The van der Waals surface area contributed by atoms with Crippen molar-refractivity contribution in [3.63, 3.8) is 0 Å². The Balaban J connectivity index is 2.05. The summed E-state index contributed by atoms with van der Waals surface area (Å²) in [6, 6.07) is 8.43. The molecular formula is C14H18N4Se2. The first-order chi connectivity index (χ1) is 9.56. The van der Waals surface area contributed by atoms with Gasteiger partial charge in [-0.05, 0) is 0 Å². The van der Waals surface area contributed by atoms with Gasteiger partial charge in [0.25, 0.3) is 0 Å². The van der Waals surface area contributed by atoms with Crippen LogP contribution < -0.4 is 19.0 Å². The van der Waals surface area contributed by atoms with Gasteiger partial charge >= 0.3 is 131 Å². The standard InChI is InChI=1S/C14H18N4Se2/c1-17(2)11-5-7-15-13(9-11)19-20-14-10-12(18(3)4)6-8-16-14/h5-10H,1-4H3. The van der Waals surface area contributed by atoms with Gasteiger partial charge in [-0.25, -0.2) is 0 Å². The molecule has 2 aromatic rings. The van der Waals surface area contributed by atoms with Gasteiger partial charge in [-0.1, -0.05) is 0 Å². The Morgan fingerprint density at radius 3 is 1.50 bits per heavy atom. The fourth-order valence-electron chi connectivity index (χ4n) is 1.53. The Morgan fingerprint density at radius 2 is 1.15 bits per heavy atom. The molecule has 0 aliphatic carbocycles. The number of pyridine rings is 2. The molecule has 2 aromatic heterocycles. The van der Waals surface area contributed by atoms with Crippen LogP contribution in [0.3, 0.4) is 0 Å². The average molecular weight is 400 g/mol. The second kappa shape index (κ2) is 7.09. The van der Waals surface area contributed by atoms with Crippen molar-refractivity contribution < 1.29 is 0 Å². The zero-order valence-corrected chi connectivity index (χ0v) is 15.5. The summed E-state index contributed by atoms with van der Waals surface area (Å²) in [7, 11) is 8.22. The Morgan fingerprint density at radius 1 is 0.750 bits per heavy atom. The van der Waals surface area contributed by atoms with Crippen molar-refractivity contribution in [1.82, 2.24) is 9.97 Å². The number of hydrogen-bond donors (Lipinski definition) is 0. The Hall–Kier alpha value is -1.06. The molecule has 106 valence electrons. The minimum atomic E-state index is 0.372. The third-order valence-corrected chi connectivity index (χ3v) is 9.14. The third-order valence-electron chi connectivity index (χ3n) is 2.68. The van der Waals surface area contributed by atoms with E-state index in [9.17, 15) is 0 Å². The van der Waals surface area contributed by atoms with E-state index < -0.39 is 0 Å². The Kier molecular flexibility index (Phi) is 5.44. The van der Waals surface area contributed by atoms with Gasteiger partial charge in [0.2, 0.25) is 0 Å². The van der Waals surface area contributed by atoms with Crippen LogP contribution in [0.15, 0.2) is 36.7 Å². The van der Waals surface area contributed by atoms with Crippen molar-refractivity contribution in [2.45, 2.75) is 0 Å². The summed E-state index contributed by atoms with van der Waals surface area (Å²) in [6.07, 6.45) is 3.79. The van der Waals surface area contributed by atoms with Crippen LogP contribution in [0.4, 0.5) is 11.4 Å². The fraction of sp³-hybridized carbons (Fsp3) is 0.286. The Labute approximate surface area is 131 Å². The molecule has 0 aromatic carbocycles. The number of aromatic nitrogens is 2. The summed E-state index contributed by atoms with van der Waals surface area (Å²) in [5.41, 5.74) is 2.42. The molecule has 0 atom stereocenters. The molecule has 2 heterocycles. The van der Waals surface area contributed by atoms with E-state index in [4.69, 9.17) is 0 Å². The van der Waals surface area contributed by atoms with E-state index in [2.05, 4.69) is 60.1 Å². The van der Waals surface area contributed by atoms with Crippen LogP contribution >= 0.6 is 0 Å². The molecule has 0 aliphatic rings. The summed E-state index contributed by atoms with van der Waals surface area (Å²) in [6.45, 7) is 0. The van der Waals surface area contributed by atoms with Gasteiger partial charge in [-0.2, -0.15) is 0 Å². The van der Waals surface area contributed by atoms with E-state index in [0.717, 1.165) is 0 Å². The average Bonchev–Trinajstić information content (AvgIpc) is 2.45. The normalized spacial score (nSPS) is 10.4. The topological polar surface area (TPSA) is 32.3 Å². The predicted molar refractivity (Wildman–Crippen MR) is 87.9 cm³/mol. The van der Waals surface area contributed by atoms with Crippen molar-refractivity contribution in [2.24, 2.45) is 0 Å². The third kappa shape index (κ3) is 4.22. The number of hydrogen-bond acceptors (Lipinski definition) is 4. The minimum absolute atomic E-state index is 0.372. The fourth-order valence-corrected chi connectivity index (χ4v) is 6.88. The first-order valence-electron chi connectivity index (χ1n) is 6.17. The van der Waals surface area contributed by atoms with E-state index in [1.165, 1.54) is 20.6 Å². The molecule has 0 amide bonds. The van der Waals surface area contributed by atoms with E-state index >= 15 is 0 Å². The first kappa shape index (κ1) is 15.3. The molecule has 2 rings (SSSR count). The van der Waals surface area contributed by atoms with Crippen LogP contribution in [0.5, 0.6) is 0 Å². The molecule has 0 unspecified atom stereocenters. The number of nitrogens with zero attached hydrogens (tertiary/aromatic N) is 4. The zero-order chi connectivity index (χ0) is 14.5. The van der Waals surface area contributed by atoms with Crippen LogP contribution in [-0.2, 0) is 0 Å². The van der Waals surface area contributed by atoms with Gasteiger partial charge in [-0.3, -0.25) is 0 Å². The van der Waals surface area contributed by atoms with Gasteiger partial charge in [-0.15, -0.1) is 0 Å². The van der Waals surface area contributed by atoms with Crippen molar-refractivity contribution in [2.75, 3.05) is 38.0 Å². The van der Waals surface area contributed by atoms with Gasteiger partial charge in [0, 0.05) is 0 Å². The predicted octanol–water partition coefficient (Wildman–Crippen LogP) is -0.117. The summed E-state index contributed by atoms with van der Waals surface area (Å²) in [5.74, 6) is 0. The van der Waals surface area contributed by atoms with Crippen molar-refractivity contribution in [3.8, 4) is 0 Å². The second-order valence-corrected chi connectivity index (χ2v) is 10.7. The molecule has 0 N–H and O–H groups in total. The van der Waals surface area contributed by atoms with E-state index in [1.54, 1.807) is 0 Å². The van der Waals surface area contributed by atoms with Crippen LogP contribution in [0.25, 0.3) is 0 Å². The summed E-state index contributed by atoms with van der Waals surface area (Å²) in [4.78, 5) is 13.2. The van der Waals surface area contributed by atoms with E-state index in [0.29, 0.717) is 26.3 Å². The van der Waals surface area contributed by atoms with Crippen molar-refractivity contribution in [1.29, 1.82) is 0 Å². The van der Waals surface area contributed by atoms with E-state index in [1.807, 2.05) is 24.5 Å². The van der Waals surface area contributed by atoms with Gasteiger partial charge in [0.15, 0.2) is 0 Å². The maximum absolute atomic E-state index is 4.47. The molecule has 0 spiro atoms. The van der Waals surface area contributed by atoms with Crippen molar-refractivity contribution >= 4 is 46.8 Å². The molecule has 0 saturated carbocycles. The van der Waals surface area contributed by atoms with Crippen LogP contribution in [0, 0.1) is 0 Å². The number of anilines is 2. The number of rotatable bonds is 5. The summed E-state index contributed by atoms with van der Waals surface area (Å²) in [5, 5.41) is 0. The maximum atomic E-state index is 4.47. The van der Waals surface area contributed by atoms with Gasteiger partial charge in [0.05, 0.1) is 0 Å². The SMILES string of the molecule is CN(C)c1ccnc([Se][Se]c2cc(N(C)C)ccn2)c1. The van der Waals surface area contributed by atoms with Crippen LogP contribution in [0.2, 0.25) is 0 Å². The molecule has 0 fully saturated rings. The molecule has 0 saturated heterocycles. The molecule has 0 radical (unpaired) electrons. The van der Waals surface area contributed by atoms with Gasteiger partial charge in [0.1, 0.15) is 0 Å². The molecule has 0 bridgehead atoms. The summed E-state index contributed by atoms with van der Waals surface area (Å²) >= 11 is 0.744. The monoisotopic (exact) mass is 402 g/mol. The van der Waals surface area contributed by atoms with Gasteiger partial charge < -0.3 is 0 Å². The molecule has 4 nitrogen and oxygen atoms in total. The Bertz CT molecular complexity index is 521. The molecule has 0 aliphatic heterocycles. The molecule has 6 heteroatoms. The first-order valence-corrected chi connectivity index (χ1v) is 12.2. The second-order valence-electron chi connectivity index (χ2n) is 4.66. The summed E-state index contributed by atoms with van der Waals surface area (Å²) < 4.78 is 2.39. The van der Waals surface area contributed by atoms with Crippen LogP contribution in [-0.4, -0.2) is 64.4 Å².